The second-order valence-electron chi connectivity index (χ2n) is 3.59. The summed E-state index contributed by atoms with van der Waals surface area (Å²) in [6.45, 7) is 1.93. The summed E-state index contributed by atoms with van der Waals surface area (Å²) in [6.07, 6.45) is 0.592. The van der Waals surface area contributed by atoms with E-state index in [0.717, 1.165) is 11.4 Å². The molecular weight excluding hydrogens is 194 g/mol. The van der Waals surface area contributed by atoms with Crippen molar-refractivity contribution in [1.29, 1.82) is 0 Å². The highest BCUT2D eigenvalue weighted by Gasteiger charge is 2.57. The van der Waals surface area contributed by atoms with Crippen LogP contribution in [0.2, 0.25) is 0 Å². The van der Waals surface area contributed by atoms with Crippen LogP contribution in [0.5, 0.6) is 0 Å². The first kappa shape index (κ1) is 8.99. The van der Waals surface area contributed by atoms with E-state index in [2.05, 4.69) is 10.2 Å². The number of alkyl halides is 2. The van der Waals surface area contributed by atoms with E-state index in [0.29, 0.717) is 0 Å². The highest BCUT2D eigenvalue weighted by atomic mass is 32.1. The van der Waals surface area contributed by atoms with Crippen LogP contribution in [0.4, 0.5) is 8.78 Å². The fraction of sp³-hybridized carbons (Fsp3) is 0.750. The standard InChI is InChI=1S/C8H10F2N2S/c1-2-7(3-8(9,10)4-7)6-12-11-5-13-6/h5H,2-4H2,1H3. The first-order valence-corrected chi connectivity index (χ1v) is 5.10. The van der Waals surface area contributed by atoms with Gasteiger partial charge >= 0.3 is 0 Å². The van der Waals surface area contributed by atoms with E-state index in [4.69, 9.17) is 0 Å². The fourth-order valence-corrected chi connectivity index (χ4v) is 2.72. The fourth-order valence-electron chi connectivity index (χ4n) is 1.89. The highest BCUT2D eigenvalue weighted by Crippen LogP contribution is 2.55. The maximum absolute atomic E-state index is 12.8. The van der Waals surface area contributed by atoms with Gasteiger partial charge in [-0.15, -0.1) is 21.5 Å². The second-order valence-corrected chi connectivity index (χ2v) is 4.42. The van der Waals surface area contributed by atoms with Crippen LogP contribution in [-0.4, -0.2) is 16.1 Å². The number of halogens is 2. The summed E-state index contributed by atoms with van der Waals surface area (Å²) in [5.74, 6) is -2.48. The average molecular weight is 204 g/mol. The number of aromatic nitrogens is 2. The molecule has 13 heavy (non-hydrogen) atoms. The van der Waals surface area contributed by atoms with E-state index < -0.39 is 5.92 Å². The van der Waals surface area contributed by atoms with Gasteiger partial charge in [0.25, 0.3) is 0 Å². The summed E-state index contributed by atoms with van der Waals surface area (Å²) >= 11 is 1.38. The number of nitrogens with zero attached hydrogens (tertiary/aromatic N) is 2. The maximum atomic E-state index is 12.8. The third-order valence-electron chi connectivity index (χ3n) is 2.68. The molecule has 1 aromatic heterocycles. The van der Waals surface area contributed by atoms with Gasteiger partial charge in [0, 0.05) is 18.3 Å². The first-order valence-electron chi connectivity index (χ1n) is 4.22. The van der Waals surface area contributed by atoms with Gasteiger partial charge in [0.15, 0.2) is 0 Å². The Bertz CT molecular complexity index is 289. The molecule has 0 aromatic carbocycles. The molecule has 0 spiro atoms. The summed E-state index contributed by atoms with van der Waals surface area (Å²) in [5, 5.41) is 8.34. The molecule has 0 unspecified atom stereocenters. The van der Waals surface area contributed by atoms with Crippen LogP contribution >= 0.6 is 11.3 Å². The van der Waals surface area contributed by atoms with Crippen molar-refractivity contribution in [3.63, 3.8) is 0 Å². The lowest BCUT2D eigenvalue weighted by atomic mass is 9.65. The molecule has 1 aliphatic carbocycles. The van der Waals surface area contributed by atoms with Crippen LogP contribution < -0.4 is 0 Å². The SMILES string of the molecule is CCC1(c2nncs2)CC(F)(F)C1. The average Bonchev–Trinajstić information content (AvgIpc) is 2.51. The Kier molecular flexibility index (Phi) is 1.87. The van der Waals surface area contributed by atoms with Gasteiger partial charge < -0.3 is 0 Å². The van der Waals surface area contributed by atoms with E-state index in [-0.39, 0.29) is 18.3 Å². The molecule has 1 fully saturated rings. The highest BCUT2D eigenvalue weighted by molar-refractivity contribution is 7.09. The molecule has 5 heteroatoms. The molecule has 0 saturated heterocycles. The Hall–Kier alpha value is -0.580. The molecule has 0 aliphatic heterocycles. The molecule has 0 radical (unpaired) electrons. The van der Waals surface area contributed by atoms with Gasteiger partial charge in [0.1, 0.15) is 10.5 Å². The van der Waals surface area contributed by atoms with E-state index in [1.807, 2.05) is 6.92 Å². The minimum Gasteiger partial charge on any atom is -0.207 e. The van der Waals surface area contributed by atoms with Crippen molar-refractivity contribution < 1.29 is 8.78 Å². The van der Waals surface area contributed by atoms with Crippen molar-refractivity contribution in [2.24, 2.45) is 0 Å². The van der Waals surface area contributed by atoms with E-state index in [9.17, 15) is 8.78 Å². The van der Waals surface area contributed by atoms with E-state index in [1.165, 1.54) is 11.3 Å². The predicted molar refractivity (Wildman–Crippen MR) is 46.1 cm³/mol. The summed E-state index contributed by atoms with van der Waals surface area (Å²) in [7, 11) is 0. The lowest BCUT2D eigenvalue weighted by Crippen LogP contribution is -2.48. The summed E-state index contributed by atoms with van der Waals surface area (Å²) < 4.78 is 25.5. The third kappa shape index (κ3) is 1.35. The normalized spacial score (nSPS) is 23.9. The van der Waals surface area contributed by atoms with Gasteiger partial charge in [0.05, 0.1) is 0 Å². The smallest absolute Gasteiger partial charge is 0.207 e. The van der Waals surface area contributed by atoms with Crippen LogP contribution in [0.3, 0.4) is 0 Å². The molecule has 2 rings (SSSR count). The topological polar surface area (TPSA) is 25.8 Å². The van der Waals surface area contributed by atoms with Crippen molar-refractivity contribution >= 4 is 11.3 Å². The molecule has 1 heterocycles. The molecular formula is C8H10F2N2S. The zero-order chi connectivity index (χ0) is 9.53. The van der Waals surface area contributed by atoms with Crippen LogP contribution in [0.25, 0.3) is 0 Å². The molecule has 2 nitrogen and oxygen atoms in total. The molecule has 0 bridgehead atoms. The number of hydrogen-bond acceptors (Lipinski definition) is 3. The van der Waals surface area contributed by atoms with Crippen molar-refractivity contribution in [1.82, 2.24) is 10.2 Å². The van der Waals surface area contributed by atoms with Crippen molar-refractivity contribution in [2.75, 3.05) is 0 Å². The lowest BCUT2D eigenvalue weighted by Gasteiger charge is -2.45. The quantitative estimate of drug-likeness (QED) is 0.740. The molecule has 0 atom stereocenters. The Labute approximate surface area is 79.0 Å². The van der Waals surface area contributed by atoms with Gasteiger partial charge in [-0.3, -0.25) is 0 Å². The van der Waals surface area contributed by atoms with E-state index in [1.54, 1.807) is 5.51 Å². The maximum Gasteiger partial charge on any atom is 0.250 e. The summed E-state index contributed by atoms with van der Waals surface area (Å²) in [6, 6.07) is 0. The van der Waals surface area contributed by atoms with Crippen molar-refractivity contribution in [2.45, 2.75) is 37.5 Å². The van der Waals surface area contributed by atoms with Crippen LogP contribution in [0, 0.1) is 0 Å². The van der Waals surface area contributed by atoms with Gasteiger partial charge in [-0.25, -0.2) is 8.78 Å². The van der Waals surface area contributed by atoms with Gasteiger partial charge in [-0.05, 0) is 6.42 Å². The first-order chi connectivity index (χ1) is 6.08. The van der Waals surface area contributed by atoms with Crippen molar-refractivity contribution in [3.8, 4) is 0 Å². The largest absolute Gasteiger partial charge is 0.250 e. The van der Waals surface area contributed by atoms with Gasteiger partial charge in [-0.1, -0.05) is 6.92 Å². The minimum absolute atomic E-state index is 0.0638. The van der Waals surface area contributed by atoms with Crippen LogP contribution in [0.1, 0.15) is 31.2 Å². The predicted octanol–water partition coefficient (Wildman–Crippen LogP) is 2.62. The Morgan fingerprint density at radius 2 is 2.23 bits per heavy atom. The lowest BCUT2D eigenvalue weighted by molar-refractivity contribution is -0.128. The summed E-state index contributed by atoms with van der Waals surface area (Å²) in [4.78, 5) is 0. The Morgan fingerprint density at radius 1 is 1.54 bits per heavy atom. The number of hydrogen-bond donors (Lipinski definition) is 0. The monoisotopic (exact) mass is 204 g/mol. The minimum atomic E-state index is -2.48. The number of rotatable bonds is 2. The molecule has 1 aliphatic rings. The molecule has 72 valence electrons. The van der Waals surface area contributed by atoms with E-state index >= 15 is 0 Å². The molecule has 1 aromatic rings. The molecule has 1 saturated carbocycles. The summed E-state index contributed by atoms with van der Waals surface area (Å²) in [5.41, 5.74) is 1.22. The third-order valence-corrected chi connectivity index (χ3v) is 3.62. The zero-order valence-electron chi connectivity index (χ0n) is 7.26. The van der Waals surface area contributed by atoms with Crippen molar-refractivity contribution in [3.05, 3.63) is 10.5 Å². The second kappa shape index (κ2) is 2.70. The zero-order valence-corrected chi connectivity index (χ0v) is 8.07. The van der Waals surface area contributed by atoms with Crippen LogP contribution in [-0.2, 0) is 5.41 Å². The molecule has 0 amide bonds. The Balaban J connectivity index is 2.21. The van der Waals surface area contributed by atoms with Gasteiger partial charge in [-0.2, -0.15) is 0 Å². The van der Waals surface area contributed by atoms with Crippen LogP contribution in [0.15, 0.2) is 5.51 Å². The Morgan fingerprint density at radius 3 is 2.62 bits per heavy atom. The van der Waals surface area contributed by atoms with Gasteiger partial charge in [0.2, 0.25) is 5.92 Å². The molecule has 0 N–H and O–H groups in total.